The Balaban J connectivity index is 1.92. The Kier molecular flexibility index (Phi) is 9.85. The van der Waals surface area contributed by atoms with Crippen LogP contribution in [0, 0.1) is 5.92 Å². The van der Waals surface area contributed by atoms with Gasteiger partial charge < -0.3 is 9.47 Å². The molecular formula is C31H36O2. The first-order valence-corrected chi connectivity index (χ1v) is 12.0. The molecule has 1 unspecified atom stereocenters. The van der Waals surface area contributed by atoms with Crippen LogP contribution in [0.3, 0.4) is 0 Å². The second-order valence-electron chi connectivity index (χ2n) is 8.35. The summed E-state index contributed by atoms with van der Waals surface area (Å²) in [5, 5.41) is 0. The Morgan fingerprint density at radius 1 is 0.727 bits per heavy atom. The molecule has 0 saturated carbocycles. The van der Waals surface area contributed by atoms with Crippen LogP contribution >= 0.6 is 0 Å². The van der Waals surface area contributed by atoms with Crippen molar-refractivity contribution in [3.8, 4) is 11.5 Å². The number of unbranched alkanes of at least 4 members (excludes halogenated alkanes) is 1. The molecule has 0 spiro atoms. The highest BCUT2D eigenvalue weighted by atomic mass is 16.5. The fourth-order valence-corrected chi connectivity index (χ4v) is 3.76. The summed E-state index contributed by atoms with van der Waals surface area (Å²) in [7, 11) is 1.72. The van der Waals surface area contributed by atoms with Crippen molar-refractivity contribution in [2.24, 2.45) is 5.92 Å². The maximum atomic E-state index is 6.43. The van der Waals surface area contributed by atoms with Crippen LogP contribution in [0.15, 0.2) is 72.8 Å². The molecule has 0 N–H and O–H groups in total. The smallest absolute Gasteiger partial charge is 0.127 e. The molecule has 1 atom stereocenters. The Morgan fingerprint density at radius 2 is 1.27 bits per heavy atom. The molecule has 2 heteroatoms. The van der Waals surface area contributed by atoms with Crippen LogP contribution in [0.1, 0.15) is 61.8 Å². The minimum absolute atomic E-state index is 0.571. The summed E-state index contributed by atoms with van der Waals surface area (Å²) in [5.41, 5.74) is 4.35. The van der Waals surface area contributed by atoms with Crippen molar-refractivity contribution in [3.05, 3.63) is 95.1 Å². The van der Waals surface area contributed by atoms with Gasteiger partial charge >= 0.3 is 0 Å². The third-order valence-electron chi connectivity index (χ3n) is 5.89. The second-order valence-corrected chi connectivity index (χ2v) is 8.35. The molecule has 2 nitrogen and oxygen atoms in total. The molecule has 33 heavy (non-hydrogen) atoms. The molecule has 0 amide bonds. The fraction of sp³-hybridized carbons (Fsp3) is 0.290. The Bertz CT molecular complexity index is 1020. The minimum Gasteiger partial charge on any atom is -0.496 e. The van der Waals surface area contributed by atoms with E-state index in [1.807, 2.05) is 24.3 Å². The van der Waals surface area contributed by atoms with Gasteiger partial charge in [-0.15, -0.1) is 0 Å². The number of methoxy groups -OCH3 is 1. The first-order chi connectivity index (χ1) is 16.2. The van der Waals surface area contributed by atoms with E-state index >= 15 is 0 Å². The number of hydrogen-bond donors (Lipinski definition) is 0. The van der Waals surface area contributed by atoms with Gasteiger partial charge in [0.25, 0.3) is 0 Å². The monoisotopic (exact) mass is 440 g/mol. The van der Waals surface area contributed by atoms with E-state index in [9.17, 15) is 0 Å². The van der Waals surface area contributed by atoms with Gasteiger partial charge in [-0.1, -0.05) is 118 Å². The van der Waals surface area contributed by atoms with Gasteiger partial charge in [-0.05, 0) is 35.6 Å². The van der Waals surface area contributed by atoms with Gasteiger partial charge in [0.05, 0.1) is 13.7 Å². The Hall–Kier alpha value is -3.26. The molecule has 0 aliphatic rings. The summed E-state index contributed by atoms with van der Waals surface area (Å²) >= 11 is 0. The van der Waals surface area contributed by atoms with E-state index in [4.69, 9.17) is 9.47 Å². The highest BCUT2D eigenvalue weighted by Gasteiger charge is 2.12. The maximum Gasteiger partial charge on any atom is 0.127 e. The molecule has 0 heterocycles. The highest BCUT2D eigenvalue weighted by molar-refractivity contribution is 5.78. The van der Waals surface area contributed by atoms with E-state index in [0.29, 0.717) is 5.92 Å². The van der Waals surface area contributed by atoms with E-state index < -0.39 is 0 Å². The molecule has 0 bridgehead atoms. The summed E-state index contributed by atoms with van der Waals surface area (Å²) in [4.78, 5) is 0. The van der Waals surface area contributed by atoms with Crippen molar-refractivity contribution < 1.29 is 9.47 Å². The third kappa shape index (κ3) is 7.68. The number of benzene rings is 3. The molecule has 3 aromatic carbocycles. The number of rotatable bonds is 12. The second kappa shape index (κ2) is 13.3. The molecule has 172 valence electrons. The highest BCUT2D eigenvalue weighted by Crippen LogP contribution is 2.32. The predicted molar refractivity (Wildman–Crippen MR) is 143 cm³/mol. The van der Waals surface area contributed by atoms with Gasteiger partial charge in [0.15, 0.2) is 0 Å². The van der Waals surface area contributed by atoms with Crippen LogP contribution in [-0.4, -0.2) is 13.7 Å². The first kappa shape index (κ1) is 24.4. The van der Waals surface area contributed by atoms with E-state index in [2.05, 4.69) is 86.7 Å². The van der Waals surface area contributed by atoms with Crippen LogP contribution < -0.4 is 9.47 Å². The van der Waals surface area contributed by atoms with Gasteiger partial charge in [0.2, 0.25) is 0 Å². The topological polar surface area (TPSA) is 18.5 Å². The largest absolute Gasteiger partial charge is 0.496 e. The van der Waals surface area contributed by atoms with Crippen LogP contribution in [0.25, 0.3) is 24.3 Å². The van der Waals surface area contributed by atoms with Crippen molar-refractivity contribution in [2.75, 3.05) is 13.7 Å². The molecule has 0 fully saturated rings. The van der Waals surface area contributed by atoms with E-state index in [1.165, 1.54) is 19.3 Å². The quantitative estimate of drug-likeness (QED) is 0.262. The van der Waals surface area contributed by atoms with Gasteiger partial charge in [0.1, 0.15) is 11.5 Å². The standard InChI is InChI=1S/C31H36O2/c1-4-6-13-25(5-2)24-33-31-23-28(20-18-26-14-9-7-10-15-26)30(32-3)22-29(31)21-19-27-16-11-8-12-17-27/h7-12,14-23,25H,4-6,13,24H2,1-3H3/b20-18+,21-19+. The zero-order valence-corrected chi connectivity index (χ0v) is 20.2. The molecule has 0 aliphatic carbocycles. The van der Waals surface area contributed by atoms with Crippen LogP contribution in [0.4, 0.5) is 0 Å². The average molecular weight is 441 g/mol. The van der Waals surface area contributed by atoms with E-state index in [-0.39, 0.29) is 0 Å². The van der Waals surface area contributed by atoms with Gasteiger partial charge in [0, 0.05) is 11.1 Å². The van der Waals surface area contributed by atoms with Crippen LogP contribution in [0.2, 0.25) is 0 Å². The lowest BCUT2D eigenvalue weighted by atomic mass is 10.0. The van der Waals surface area contributed by atoms with Gasteiger partial charge in [-0.25, -0.2) is 0 Å². The summed E-state index contributed by atoms with van der Waals surface area (Å²) in [6.45, 7) is 5.23. The lowest BCUT2D eigenvalue weighted by Crippen LogP contribution is -2.12. The molecule has 0 saturated heterocycles. The van der Waals surface area contributed by atoms with Crippen LogP contribution in [-0.2, 0) is 0 Å². The van der Waals surface area contributed by atoms with Crippen molar-refractivity contribution in [1.29, 1.82) is 0 Å². The Labute approximate surface area is 199 Å². The summed E-state index contributed by atoms with van der Waals surface area (Å²) in [6.07, 6.45) is 13.2. The van der Waals surface area contributed by atoms with Crippen molar-refractivity contribution in [3.63, 3.8) is 0 Å². The first-order valence-electron chi connectivity index (χ1n) is 12.0. The zero-order valence-electron chi connectivity index (χ0n) is 20.2. The van der Waals surface area contributed by atoms with Gasteiger partial charge in [-0.3, -0.25) is 0 Å². The molecular weight excluding hydrogens is 404 g/mol. The molecule has 0 aliphatic heterocycles. The molecule has 3 aromatic rings. The molecule has 0 radical (unpaired) electrons. The number of hydrogen-bond acceptors (Lipinski definition) is 2. The fourth-order valence-electron chi connectivity index (χ4n) is 3.76. The van der Waals surface area contributed by atoms with Crippen LogP contribution in [0.5, 0.6) is 11.5 Å². The lowest BCUT2D eigenvalue weighted by molar-refractivity contribution is 0.232. The molecule has 3 rings (SSSR count). The zero-order chi connectivity index (χ0) is 23.3. The normalized spacial score (nSPS) is 12.3. The maximum absolute atomic E-state index is 6.43. The van der Waals surface area contributed by atoms with Crippen molar-refractivity contribution in [2.45, 2.75) is 39.5 Å². The number of ether oxygens (including phenoxy) is 2. The third-order valence-corrected chi connectivity index (χ3v) is 5.89. The minimum atomic E-state index is 0.571. The SMILES string of the molecule is CCCCC(CC)COc1cc(/C=C/c2ccccc2)c(OC)cc1/C=C/c1ccccc1. The molecule has 0 aromatic heterocycles. The summed E-state index contributed by atoms with van der Waals surface area (Å²) < 4.78 is 12.2. The van der Waals surface area contributed by atoms with E-state index in [1.54, 1.807) is 7.11 Å². The van der Waals surface area contributed by atoms with E-state index in [0.717, 1.165) is 46.8 Å². The average Bonchev–Trinajstić information content (AvgIpc) is 2.87. The van der Waals surface area contributed by atoms with Crippen molar-refractivity contribution >= 4 is 24.3 Å². The Morgan fingerprint density at radius 3 is 1.79 bits per heavy atom. The predicted octanol–water partition coefficient (Wildman–Crippen LogP) is 8.63. The lowest BCUT2D eigenvalue weighted by Gasteiger charge is -2.18. The summed E-state index contributed by atoms with van der Waals surface area (Å²) in [5.74, 6) is 2.30. The summed E-state index contributed by atoms with van der Waals surface area (Å²) in [6, 6.07) is 24.8. The van der Waals surface area contributed by atoms with Crippen molar-refractivity contribution in [1.82, 2.24) is 0 Å². The van der Waals surface area contributed by atoms with Gasteiger partial charge in [-0.2, -0.15) is 0 Å².